The first-order chi connectivity index (χ1) is 33.0. The predicted molar refractivity (Wildman–Crippen MR) is 262 cm³/mol. The number of piperazine rings is 2. The van der Waals surface area contributed by atoms with Crippen molar-refractivity contribution in [3.63, 3.8) is 0 Å². The molecule has 0 radical (unpaired) electrons. The summed E-state index contributed by atoms with van der Waals surface area (Å²) < 4.78 is 14.0. The Morgan fingerprint density at radius 1 is 0.681 bits per heavy atom. The zero-order chi connectivity index (χ0) is 49.2. The van der Waals surface area contributed by atoms with E-state index in [0.29, 0.717) is 75.1 Å². The second-order valence-corrected chi connectivity index (χ2v) is 20.4. The van der Waals surface area contributed by atoms with Crippen molar-refractivity contribution < 1.29 is 28.7 Å². The molecule has 4 aromatic rings. The topological polar surface area (TPSA) is 276 Å². The highest BCUT2D eigenvalue weighted by Gasteiger charge is 2.31. The molecule has 0 spiro atoms. The van der Waals surface area contributed by atoms with Crippen LogP contribution in [0.15, 0.2) is 24.5 Å². The van der Waals surface area contributed by atoms with Crippen LogP contribution in [0.1, 0.15) is 100.0 Å². The van der Waals surface area contributed by atoms with E-state index in [1.807, 2.05) is 51.7 Å². The van der Waals surface area contributed by atoms with E-state index >= 15 is 0 Å². The lowest BCUT2D eigenvalue weighted by atomic mass is 10.1. The van der Waals surface area contributed by atoms with Gasteiger partial charge in [-0.05, 0) is 95.5 Å². The lowest BCUT2D eigenvalue weighted by molar-refractivity contribution is 0.0168. The van der Waals surface area contributed by atoms with Gasteiger partial charge in [-0.3, -0.25) is 9.59 Å². The minimum Gasteiger partial charge on any atom is -0.444 e. The summed E-state index contributed by atoms with van der Waals surface area (Å²) in [7, 11) is 0. The molecule has 4 aliphatic rings. The summed E-state index contributed by atoms with van der Waals surface area (Å²) in [5.74, 6) is 0.143. The highest BCUT2D eigenvalue weighted by molar-refractivity contribution is 7.06. The van der Waals surface area contributed by atoms with Gasteiger partial charge < -0.3 is 56.7 Å². The van der Waals surface area contributed by atoms with Crippen molar-refractivity contribution in [3.05, 3.63) is 68.4 Å². The van der Waals surface area contributed by atoms with Gasteiger partial charge in [0.1, 0.15) is 28.6 Å². The number of hydrogen-bond acceptors (Lipinski definition) is 17. The van der Waals surface area contributed by atoms with Gasteiger partial charge in [0.2, 0.25) is 0 Å². The average Bonchev–Trinajstić information content (AvgIpc) is 3.94. The van der Waals surface area contributed by atoms with Crippen LogP contribution in [0.2, 0.25) is 0 Å². The standard InChI is InChI=1S/C25H36N8O4S.C20H28N8O2S/c1-16-12-18(38-30-16)13-19-21(22(26)34)27-14-20(29-19)33-7-5-6-17(15-33)28-23(35)31-8-10-32(11-9-31)24(36)37-25(2,3)4;1-13-9-15(31-26-13)10-16-18(19(21)29)23-11-17(25-16)28-6-2-3-14(12-28)24-20(30)27-7-4-22-5-8-27/h12,14,17H,5-11,13,15H2,1-4H3,(H2,26,34)(H,28,35);9,11,14,22H,2-8,10,12H2,1H3,(H2,21,29)(H,24,30). The van der Waals surface area contributed by atoms with Crippen LogP contribution >= 0.6 is 23.1 Å². The zero-order valence-corrected chi connectivity index (χ0v) is 41.7. The molecule has 0 bridgehead atoms. The van der Waals surface area contributed by atoms with Gasteiger partial charge in [-0.15, -0.1) is 0 Å². The van der Waals surface area contributed by atoms with Crippen LogP contribution in [-0.4, -0.2) is 170 Å². The van der Waals surface area contributed by atoms with E-state index in [2.05, 4.69) is 44.5 Å². The zero-order valence-electron chi connectivity index (χ0n) is 40.0. The van der Waals surface area contributed by atoms with Crippen molar-refractivity contribution in [2.45, 2.75) is 90.8 Å². The maximum atomic E-state index is 13.0. The van der Waals surface area contributed by atoms with Crippen LogP contribution in [-0.2, 0) is 17.6 Å². The molecule has 8 heterocycles. The molecule has 7 amide bonds. The number of rotatable bonds is 10. The fraction of sp³-hybridized carbons (Fsp3) is 0.578. The summed E-state index contributed by atoms with van der Waals surface area (Å²) in [4.78, 5) is 91.2. The van der Waals surface area contributed by atoms with E-state index < -0.39 is 17.4 Å². The summed E-state index contributed by atoms with van der Waals surface area (Å²) in [5, 5.41) is 9.56. The molecule has 24 heteroatoms. The summed E-state index contributed by atoms with van der Waals surface area (Å²) in [5.41, 5.74) is 13.8. The van der Waals surface area contributed by atoms with Gasteiger partial charge in [0.05, 0.1) is 35.2 Å². The first-order valence-corrected chi connectivity index (χ1v) is 25.0. The number of carbonyl (C=O) groups excluding carboxylic acids is 5. The van der Waals surface area contributed by atoms with Crippen molar-refractivity contribution in [1.29, 1.82) is 0 Å². The Balaban J connectivity index is 0.000000208. The van der Waals surface area contributed by atoms with E-state index in [-0.39, 0.29) is 41.6 Å². The van der Waals surface area contributed by atoms with Gasteiger partial charge in [-0.25, -0.2) is 34.3 Å². The van der Waals surface area contributed by atoms with Crippen molar-refractivity contribution in [2.75, 3.05) is 88.3 Å². The van der Waals surface area contributed by atoms with Gasteiger partial charge in [0, 0.05) is 113 Å². The summed E-state index contributed by atoms with van der Waals surface area (Å²) in [6.45, 7) is 17.0. The number of anilines is 2. The first kappa shape index (κ1) is 50.6. The lowest BCUT2D eigenvalue weighted by Gasteiger charge is -2.38. The fourth-order valence-electron chi connectivity index (χ4n) is 8.55. The van der Waals surface area contributed by atoms with Crippen LogP contribution in [0.4, 0.5) is 26.0 Å². The molecule has 372 valence electrons. The molecule has 2 atom stereocenters. The Labute approximate surface area is 410 Å². The number of urea groups is 2. The third-order valence-electron chi connectivity index (χ3n) is 11.9. The van der Waals surface area contributed by atoms with Crippen LogP contribution in [0.5, 0.6) is 0 Å². The predicted octanol–water partition coefficient (Wildman–Crippen LogP) is 2.68. The molecule has 0 saturated carbocycles. The molecule has 0 aromatic carbocycles. The van der Waals surface area contributed by atoms with Crippen molar-refractivity contribution in [2.24, 2.45) is 11.5 Å². The van der Waals surface area contributed by atoms with Gasteiger partial charge in [-0.2, -0.15) is 8.75 Å². The number of amides is 7. The van der Waals surface area contributed by atoms with Crippen molar-refractivity contribution >= 4 is 64.7 Å². The minimum atomic E-state index is -0.615. The second-order valence-electron chi connectivity index (χ2n) is 18.7. The molecule has 4 aliphatic heterocycles. The van der Waals surface area contributed by atoms with Gasteiger partial charge >= 0.3 is 18.2 Å². The van der Waals surface area contributed by atoms with E-state index in [0.717, 1.165) is 86.1 Å². The van der Waals surface area contributed by atoms with Crippen molar-refractivity contribution in [1.82, 2.24) is 59.3 Å². The third kappa shape index (κ3) is 14.2. The largest absolute Gasteiger partial charge is 0.444 e. The van der Waals surface area contributed by atoms with E-state index in [9.17, 15) is 24.0 Å². The number of nitrogens with one attached hydrogen (secondary N) is 3. The number of aryl methyl sites for hydroxylation is 2. The first-order valence-electron chi connectivity index (χ1n) is 23.4. The Morgan fingerprint density at radius 3 is 1.52 bits per heavy atom. The van der Waals surface area contributed by atoms with E-state index in [1.165, 1.54) is 23.1 Å². The summed E-state index contributed by atoms with van der Waals surface area (Å²) in [6, 6.07) is 3.77. The SMILES string of the molecule is Cc1cc(Cc2nc(N3CCCC(NC(=O)N4CCN(C(=O)OC(C)(C)C)CC4)C3)cnc2C(N)=O)sn1.Cc1cc(Cc2nc(N3CCCC(NC(=O)N4CCNCC4)C3)cnc2C(N)=O)sn1. The minimum absolute atomic E-state index is 0.00948. The molecular weight excluding hydrogens is 925 g/mol. The molecule has 4 saturated heterocycles. The number of ether oxygens (including phenoxy) is 1. The number of primary amides is 2. The molecule has 4 aromatic heterocycles. The monoisotopic (exact) mass is 988 g/mol. The number of carbonyl (C=O) groups is 5. The number of hydrogen-bond donors (Lipinski definition) is 5. The maximum absolute atomic E-state index is 13.0. The van der Waals surface area contributed by atoms with Crippen LogP contribution < -0.4 is 37.2 Å². The highest BCUT2D eigenvalue weighted by Crippen LogP contribution is 2.24. The Kier molecular flexibility index (Phi) is 16.8. The lowest BCUT2D eigenvalue weighted by Crippen LogP contribution is -2.57. The highest BCUT2D eigenvalue weighted by atomic mass is 32.1. The second kappa shape index (κ2) is 22.9. The Morgan fingerprint density at radius 2 is 1.12 bits per heavy atom. The molecule has 2 unspecified atom stereocenters. The number of nitrogens with zero attached hydrogens (tertiary/aromatic N) is 11. The average molecular weight is 989 g/mol. The molecule has 4 fully saturated rings. The van der Waals surface area contributed by atoms with Gasteiger partial charge in [0.25, 0.3) is 11.8 Å². The normalized spacial score (nSPS) is 18.8. The smallest absolute Gasteiger partial charge is 0.410 e. The maximum Gasteiger partial charge on any atom is 0.410 e. The van der Waals surface area contributed by atoms with Gasteiger partial charge in [0.15, 0.2) is 0 Å². The Hall–Kier alpha value is -6.27. The van der Waals surface area contributed by atoms with Crippen LogP contribution in [0.3, 0.4) is 0 Å². The summed E-state index contributed by atoms with van der Waals surface area (Å²) >= 11 is 2.75. The number of aromatic nitrogens is 6. The molecule has 8 rings (SSSR count). The number of nitrogens with two attached hydrogens (primary N) is 2. The molecule has 69 heavy (non-hydrogen) atoms. The van der Waals surface area contributed by atoms with E-state index in [4.69, 9.17) is 26.2 Å². The van der Waals surface area contributed by atoms with Crippen LogP contribution in [0.25, 0.3) is 0 Å². The molecule has 22 nitrogen and oxygen atoms in total. The van der Waals surface area contributed by atoms with Gasteiger partial charge in [-0.1, -0.05) is 0 Å². The Bertz CT molecular complexity index is 2450. The van der Waals surface area contributed by atoms with Crippen molar-refractivity contribution in [3.8, 4) is 0 Å². The van der Waals surface area contributed by atoms with E-state index in [1.54, 1.807) is 22.2 Å². The molecular formula is C45H64N16O6S2. The summed E-state index contributed by atoms with van der Waals surface area (Å²) in [6.07, 6.45) is 7.29. The fourth-order valence-corrected chi connectivity index (χ4v) is 10.0. The third-order valence-corrected chi connectivity index (χ3v) is 13.7. The van der Waals surface area contributed by atoms with Crippen LogP contribution in [0, 0.1) is 13.8 Å². The molecule has 0 aliphatic carbocycles. The quantitative estimate of drug-likeness (QED) is 0.153. The molecule has 7 N–H and O–H groups in total. The number of piperidine rings is 2.